The molecule has 1 N–H and O–H groups in total. The van der Waals surface area contributed by atoms with Crippen LogP contribution in [0.15, 0.2) is 42.5 Å². The molecule has 1 unspecified atom stereocenters. The molecule has 0 saturated heterocycles. The normalized spacial score (nSPS) is 12.2. The number of halogens is 3. The second-order valence-electron chi connectivity index (χ2n) is 7.09. The van der Waals surface area contributed by atoms with Gasteiger partial charge in [-0.1, -0.05) is 23.7 Å². The lowest BCUT2D eigenvalue weighted by Crippen LogP contribution is -2.51. The number of likely N-dealkylation sites (N-methyl/N-ethyl adjacent to an activating group) is 1. The van der Waals surface area contributed by atoms with Crippen LogP contribution in [0, 0.1) is 11.6 Å². The largest absolute Gasteiger partial charge is 0.355 e. The van der Waals surface area contributed by atoms with Gasteiger partial charge in [-0.25, -0.2) is 17.2 Å². The fourth-order valence-electron chi connectivity index (χ4n) is 2.94. The van der Waals surface area contributed by atoms with Gasteiger partial charge in [-0.3, -0.25) is 13.9 Å². The molecule has 32 heavy (non-hydrogen) atoms. The predicted molar refractivity (Wildman–Crippen MR) is 119 cm³/mol. The third-order valence-corrected chi connectivity index (χ3v) is 6.09. The lowest BCUT2D eigenvalue weighted by Gasteiger charge is -2.31. The molecule has 174 valence electrons. The minimum atomic E-state index is -3.96. The Morgan fingerprint density at radius 3 is 2.28 bits per heavy atom. The van der Waals surface area contributed by atoms with Crippen molar-refractivity contribution in [2.45, 2.75) is 26.4 Å². The smallest absolute Gasteiger partial charge is 0.244 e. The van der Waals surface area contributed by atoms with E-state index in [-0.39, 0.29) is 17.3 Å². The zero-order valence-electron chi connectivity index (χ0n) is 17.8. The van der Waals surface area contributed by atoms with Gasteiger partial charge < -0.3 is 10.2 Å². The number of anilines is 1. The van der Waals surface area contributed by atoms with Gasteiger partial charge in [0.1, 0.15) is 24.2 Å². The van der Waals surface area contributed by atoms with Crippen LogP contribution in [0.1, 0.15) is 19.4 Å². The Bertz CT molecular complexity index is 1080. The highest BCUT2D eigenvalue weighted by atomic mass is 35.5. The summed E-state index contributed by atoms with van der Waals surface area (Å²) in [5.74, 6) is -2.31. The molecule has 2 aromatic rings. The average Bonchev–Trinajstić information content (AvgIpc) is 2.72. The molecular formula is C21H24ClF2N3O4S. The van der Waals surface area contributed by atoms with Crippen molar-refractivity contribution in [1.82, 2.24) is 10.2 Å². The first-order valence-electron chi connectivity index (χ1n) is 9.68. The highest BCUT2D eigenvalue weighted by Crippen LogP contribution is 2.25. The van der Waals surface area contributed by atoms with Gasteiger partial charge in [0.15, 0.2) is 0 Å². The first kappa shape index (κ1) is 25.5. The molecule has 2 aromatic carbocycles. The standard InChI is InChI=1S/C21H24ClF2N3O4S/c1-4-25-21(29)14(2)26(12-15-5-7-16(23)8-6-15)20(28)13-27(32(3,30)31)17-9-10-19(24)18(22)11-17/h5-11,14H,4,12-13H2,1-3H3,(H,25,29). The van der Waals surface area contributed by atoms with Crippen LogP contribution in [0.25, 0.3) is 0 Å². The lowest BCUT2D eigenvalue weighted by molar-refractivity contribution is -0.139. The average molecular weight is 488 g/mol. The summed E-state index contributed by atoms with van der Waals surface area (Å²) in [6.45, 7) is 2.86. The highest BCUT2D eigenvalue weighted by Gasteiger charge is 2.30. The Morgan fingerprint density at radius 1 is 1.12 bits per heavy atom. The number of carbonyl (C=O) groups excluding carboxylic acids is 2. The highest BCUT2D eigenvalue weighted by molar-refractivity contribution is 7.92. The van der Waals surface area contributed by atoms with Crippen LogP contribution in [-0.2, 0) is 26.2 Å². The van der Waals surface area contributed by atoms with Crippen LogP contribution in [0.5, 0.6) is 0 Å². The van der Waals surface area contributed by atoms with E-state index in [1.807, 2.05) is 0 Å². The Balaban J connectivity index is 2.39. The van der Waals surface area contributed by atoms with E-state index in [9.17, 15) is 26.8 Å². The van der Waals surface area contributed by atoms with Crippen LogP contribution >= 0.6 is 11.6 Å². The molecule has 0 aliphatic carbocycles. The molecular weight excluding hydrogens is 464 g/mol. The Morgan fingerprint density at radius 2 is 1.75 bits per heavy atom. The Kier molecular flexibility index (Phi) is 8.57. The predicted octanol–water partition coefficient (Wildman–Crippen LogP) is 2.94. The molecule has 11 heteroatoms. The van der Waals surface area contributed by atoms with E-state index in [0.29, 0.717) is 12.1 Å². The van der Waals surface area contributed by atoms with Crippen LogP contribution in [0.4, 0.5) is 14.5 Å². The molecule has 0 bridgehead atoms. The summed E-state index contributed by atoms with van der Waals surface area (Å²) in [6, 6.07) is 7.72. The third-order valence-electron chi connectivity index (χ3n) is 4.65. The van der Waals surface area contributed by atoms with E-state index in [0.717, 1.165) is 22.7 Å². The molecule has 1 atom stereocenters. The molecule has 0 fully saturated rings. The van der Waals surface area contributed by atoms with Crippen molar-refractivity contribution < 1.29 is 26.8 Å². The van der Waals surface area contributed by atoms with Crippen molar-refractivity contribution in [3.63, 3.8) is 0 Å². The summed E-state index contributed by atoms with van der Waals surface area (Å²) in [4.78, 5) is 26.8. The van der Waals surface area contributed by atoms with Gasteiger partial charge in [0, 0.05) is 13.1 Å². The summed E-state index contributed by atoms with van der Waals surface area (Å²) in [6.07, 6.45) is 0.898. The summed E-state index contributed by atoms with van der Waals surface area (Å²) in [7, 11) is -3.96. The maximum atomic E-state index is 13.5. The molecule has 0 spiro atoms. The summed E-state index contributed by atoms with van der Waals surface area (Å²) in [5.41, 5.74) is 0.547. The van der Waals surface area contributed by atoms with E-state index >= 15 is 0 Å². The minimum absolute atomic E-state index is 0.000329. The van der Waals surface area contributed by atoms with Crippen molar-refractivity contribution in [3.05, 3.63) is 64.7 Å². The fraction of sp³-hybridized carbons (Fsp3) is 0.333. The molecule has 0 aliphatic rings. The zero-order chi connectivity index (χ0) is 24.1. The molecule has 0 heterocycles. The van der Waals surface area contributed by atoms with Gasteiger partial charge in [-0.2, -0.15) is 0 Å². The van der Waals surface area contributed by atoms with Crippen molar-refractivity contribution in [2.75, 3.05) is 23.7 Å². The van der Waals surface area contributed by atoms with E-state index in [1.165, 1.54) is 42.2 Å². The second-order valence-corrected chi connectivity index (χ2v) is 9.40. The summed E-state index contributed by atoms with van der Waals surface area (Å²) < 4.78 is 52.4. The number of nitrogens with one attached hydrogen (secondary N) is 1. The van der Waals surface area contributed by atoms with Crippen LogP contribution in [0.3, 0.4) is 0 Å². The molecule has 0 aliphatic heterocycles. The number of hydrogen-bond acceptors (Lipinski definition) is 4. The fourth-order valence-corrected chi connectivity index (χ4v) is 3.96. The van der Waals surface area contributed by atoms with Gasteiger partial charge >= 0.3 is 0 Å². The van der Waals surface area contributed by atoms with E-state index in [1.54, 1.807) is 6.92 Å². The maximum absolute atomic E-state index is 13.5. The molecule has 2 rings (SSSR count). The monoisotopic (exact) mass is 487 g/mol. The van der Waals surface area contributed by atoms with E-state index in [4.69, 9.17) is 11.6 Å². The lowest BCUT2D eigenvalue weighted by atomic mass is 10.1. The van der Waals surface area contributed by atoms with Crippen molar-refractivity contribution >= 4 is 39.1 Å². The number of sulfonamides is 1. The van der Waals surface area contributed by atoms with Gasteiger partial charge in [-0.05, 0) is 49.7 Å². The van der Waals surface area contributed by atoms with E-state index < -0.39 is 46.1 Å². The Labute approximate surface area is 191 Å². The topological polar surface area (TPSA) is 86.8 Å². The van der Waals surface area contributed by atoms with Crippen LogP contribution in [-0.4, -0.2) is 50.5 Å². The van der Waals surface area contributed by atoms with Gasteiger partial charge in [0.25, 0.3) is 0 Å². The zero-order valence-corrected chi connectivity index (χ0v) is 19.4. The number of carbonyl (C=O) groups is 2. The maximum Gasteiger partial charge on any atom is 0.244 e. The van der Waals surface area contributed by atoms with Gasteiger partial charge in [0.05, 0.1) is 17.0 Å². The van der Waals surface area contributed by atoms with E-state index in [2.05, 4.69) is 5.32 Å². The number of hydrogen-bond donors (Lipinski definition) is 1. The van der Waals surface area contributed by atoms with Crippen molar-refractivity contribution in [2.24, 2.45) is 0 Å². The first-order valence-corrected chi connectivity index (χ1v) is 11.9. The molecule has 0 saturated carbocycles. The summed E-state index contributed by atoms with van der Waals surface area (Å²) >= 11 is 5.78. The first-order chi connectivity index (χ1) is 14.9. The number of rotatable bonds is 9. The number of amides is 2. The van der Waals surface area contributed by atoms with Gasteiger partial charge in [-0.15, -0.1) is 0 Å². The molecule has 0 radical (unpaired) electrons. The quantitative estimate of drug-likeness (QED) is 0.589. The van der Waals surface area contributed by atoms with Crippen molar-refractivity contribution in [3.8, 4) is 0 Å². The van der Waals surface area contributed by atoms with Gasteiger partial charge in [0.2, 0.25) is 21.8 Å². The van der Waals surface area contributed by atoms with Crippen molar-refractivity contribution in [1.29, 1.82) is 0 Å². The molecule has 2 amide bonds. The molecule has 7 nitrogen and oxygen atoms in total. The number of nitrogens with zero attached hydrogens (tertiary/aromatic N) is 2. The van der Waals surface area contributed by atoms with Crippen LogP contribution < -0.4 is 9.62 Å². The summed E-state index contributed by atoms with van der Waals surface area (Å²) in [5, 5.41) is 2.32. The third kappa shape index (κ3) is 6.64. The minimum Gasteiger partial charge on any atom is -0.355 e. The Hall–Kier alpha value is -2.72. The molecule has 0 aromatic heterocycles. The second kappa shape index (κ2) is 10.7. The number of benzene rings is 2. The van der Waals surface area contributed by atoms with Crippen LogP contribution in [0.2, 0.25) is 5.02 Å². The SMILES string of the molecule is CCNC(=O)C(C)N(Cc1ccc(F)cc1)C(=O)CN(c1ccc(F)c(Cl)c1)S(C)(=O)=O.